The molecule has 0 aliphatic carbocycles. The van der Waals surface area contributed by atoms with Crippen LogP contribution in [0.3, 0.4) is 0 Å². The number of fused-ring (bicyclic) bond motifs is 2. The van der Waals surface area contributed by atoms with Crippen LogP contribution in [0.4, 0.5) is 5.69 Å². The summed E-state index contributed by atoms with van der Waals surface area (Å²) >= 11 is 0. The summed E-state index contributed by atoms with van der Waals surface area (Å²) in [5.41, 5.74) is 3.14. The van der Waals surface area contributed by atoms with E-state index in [1.165, 1.54) is 5.56 Å². The van der Waals surface area contributed by atoms with Crippen LogP contribution in [-0.2, 0) is 28.5 Å². The fourth-order valence-corrected chi connectivity index (χ4v) is 5.30. The number of likely N-dealkylation sites (tertiary alicyclic amines) is 1. The van der Waals surface area contributed by atoms with E-state index in [0.29, 0.717) is 19.4 Å². The third-order valence-electron chi connectivity index (χ3n) is 6.78. The van der Waals surface area contributed by atoms with Crippen molar-refractivity contribution < 1.29 is 9.59 Å². The number of unbranched alkanes of at least 4 members (excludes halogenated alkanes) is 1. The van der Waals surface area contributed by atoms with E-state index in [2.05, 4.69) is 21.5 Å². The number of amides is 2. The van der Waals surface area contributed by atoms with Crippen LogP contribution in [0.15, 0.2) is 61.2 Å². The van der Waals surface area contributed by atoms with Crippen molar-refractivity contribution in [2.24, 2.45) is 7.05 Å². The van der Waals surface area contributed by atoms with Crippen molar-refractivity contribution in [3.8, 4) is 0 Å². The van der Waals surface area contributed by atoms with Crippen molar-refractivity contribution >= 4 is 17.5 Å². The largest absolute Gasteiger partial charge is 0.334 e. The Morgan fingerprint density at radius 1 is 1.19 bits per heavy atom. The Labute approximate surface area is 187 Å². The molecule has 1 aromatic carbocycles. The van der Waals surface area contributed by atoms with E-state index in [4.69, 9.17) is 0 Å². The highest BCUT2D eigenvalue weighted by atomic mass is 16.2. The predicted octanol–water partition coefficient (Wildman–Crippen LogP) is 3.39. The van der Waals surface area contributed by atoms with Crippen molar-refractivity contribution in [1.82, 2.24) is 19.7 Å². The van der Waals surface area contributed by atoms with Crippen molar-refractivity contribution in [1.29, 1.82) is 0 Å². The molecular weight excluding hydrogens is 402 g/mol. The Bertz CT molecular complexity index is 1140. The maximum Gasteiger partial charge on any atom is 0.237 e. The number of aromatic nitrogens is 3. The lowest BCUT2D eigenvalue weighted by Crippen LogP contribution is -2.42. The zero-order valence-corrected chi connectivity index (χ0v) is 18.2. The van der Waals surface area contributed by atoms with Gasteiger partial charge in [0.15, 0.2) is 0 Å². The number of carbonyl (C=O) groups is 2. The first-order valence-electron chi connectivity index (χ1n) is 11.2. The number of hydrogen-bond donors (Lipinski definition) is 1. The summed E-state index contributed by atoms with van der Waals surface area (Å²) in [6.45, 7) is 0.558. The molecule has 0 saturated carbocycles. The Kier molecular flexibility index (Phi) is 5.25. The molecule has 2 aliphatic heterocycles. The van der Waals surface area contributed by atoms with Gasteiger partial charge in [-0.05, 0) is 48.9 Å². The monoisotopic (exact) mass is 429 g/mol. The summed E-state index contributed by atoms with van der Waals surface area (Å²) in [4.78, 5) is 32.8. The standard InChI is InChI=1S/C25H27N5O2/c1-29-17-19(16-27-29)23-25(20-9-3-4-10-21(20)28-24(25)32)12-14-30(23)22(31)11-5-2-7-18-8-6-13-26-15-18/h3-4,6,8-10,13,15-17,23H,2,5,7,11-12,14H2,1H3,(H,28,32)/t23-,25+/m0/s1. The van der Waals surface area contributed by atoms with E-state index < -0.39 is 5.41 Å². The average molecular weight is 430 g/mol. The van der Waals surface area contributed by atoms with Gasteiger partial charge < -0.3 is 10.2 Å². The molecule has 7 heteroatoms. The minimum absolute atomic E-state index is 0.0283. The number of pyridine rings is 1. The topological polar surface area (TPSA) is 80.1 Å². The molecule has 5 rings (SSSR count). The highest BCUT2D eigenvalue weighted by Gasteiger charge is 2.59. The van der Waals surface area contributed by atoms with Gasteiger partial charge in [-0.15, -0.1) is 0 Å². The summed E-state index contributed by atoms with van der Waals surface area (Å²) in [5.74, 6) is 0.0681. The van der Waals surface area contributed by atoms with E-state index in [1.54, 1.807) is 17.1 Å². The van der Waals surface area contributed by atoms with Crippen molar-refractivity contribution in [3.63, 3.8) is 0 Å². The molecule has 1 saturated heterocycles. The first-order chi connectivity index (χ1) is 15.6. The molecule has 1 fully saturated rings. The lowest BCUT2D eigenvalue weighted by Gasteiger charge is -2.33. The van der Waals surface area contributed by atoms with Gasteiger partial charge in [-0.2, -0.15) is 5.10 Å². The second-order valence-corrected chi connectivity index (χ2v) is 8.73. The molecule has 2 aromatic heterocycles. The number of hydrogen-bond acceptors (Lipinski definition) is 4. The molecule has 7 nitrogen and oxygen atoms in total. The maximum absolute atomic E-state index is 13.4. The molecule has 32 heavy (non-hydrogen) atoms. The Balaban J connectivity index is 1.38. The van der Waals surface area contributed by atoms with Gasteiger partial charge in [0.25, 0.3) is 0 Å². The van der Waals surface area contributed by atoms with Gasteiger partial charge in [-0.25, -0.2) is 0 Å². The van der Waals surface area contributed by atoms with Crippen LogP contribution in [0.1, 0.15) is 48.4 Å². The van der Waals surface area contributed by atoms with Crippen LogP contribution in [0.5, 0.6) is 0 Å². The van der Waals surface area contributed by atoms with Crippen molar-refractivity contribution in [2.75, 3.05) is 11.9 Å². The van der Waals surface area contributed by atoms with Gasteiger partial charge in [0.2, 0.25) is 11.8 Å². The van der Waals surface area contributed by atoms with Crippen LogP contribution < -0.4 is 5.32 Å². The van der Waals surface area contributed by atoms with Gasteiger partial charge >= 0.3 is 0 Å². The van der Waals surface area contributed by atoms with Crippen LogP contribution in [0.2, 0.25) is 0 Å². The van der Waals surface area contributed by atoms with Gasteiger partial charge in [0.05, 0.1) is 12.2 Å². The fraction of sp³-hybridized carbons (Fsp3) is 0.360. The Morgan fingerprint density at radius 3 is 2.84 bits per heavy atom. The zero-order chi connectivity index (χ0) is 22.1. The highest BCUT2D eigenvalue weighted by molar-refractivity contribution is 6.07. The quantitative estimate of drug-likeness (QED) is 0.609. The number of anilines is 1. The molecule has 0 bridgehead atoms. The first kappa shape index (κ1) is 20.4. The summed E-state index contributed by atoms with van der Waals surface area (Å²) in [7, 11) is 1.86. The molecule has 164 valence electrons. The number of carbonyl (C=O) groups excluding carboxylic acids is 2. The lowest BCUT2D eigenvalue weighted by molar-refractivity contribution is -0.133. The smallest absolute Gasteiger partial charge is 0.237 e. The number of nitrogens with one attached hydrogen (secondary N) is 1. The minimum Gasteiger partial charge on any atom is -0.334 e. The molecule has 2 amide bonds. The molecule has 1 spiro atoms. The van der Waals surface area contributed by atoms with Crippen LogP contribution >= 0.6 is 0 Å². The number of para-hydroxylation sites is 1. The van der Waals surface area contributed by atoms with Crippen molar-refractivity contribution in [2.45, 2.75) is 43.6 Å². The Hall–Kier alpha value is -3.48. The molecule has 4 heterocycles. The first-order valence-corrected chi connectivity index (χ1v) is 11.2. The minimum atomic E-state index is -0.773. The molecule has 1 N–H and O–H groups in total. The summed E-state index contributed by atoms with van der Waals surface area (Å²) in [5, 5.41) is 7.40. The van der Waals surface area contributed by atoms with Crippen molar-refractivity contribution in [3.05, 3.63) is 77.9 Å². The third kappa shape index (κ3) is 3.38. The van der Waals surface area contributed by atoms with E-state index >= 15 is 0 Å². The SMILES string of the molecule is Cn1cc([C@@H]2N(C(=O)CCCCc3cccnc3)CC[C@]23C(=O)Nc2ccccc23)cn1. The van der Waals surface area contributed by atoms with Gasteiger partial charge in [0.1, 0.15) is 5.41 Å². The average Bonchev–Trinajstić information content (AvgIpc) is 3.49. The van der Waals surface area contributed by atoms with Gasteiger partial charge in [-0.3, -0.25) is 19.3 Å². The number of benzene rings is 1. The summed E-state index contributed by atoms with van der Waals surface area (Å²) in [6.07, 6.45) is 11.1. The van der Waals surface area contributed by atoms with Crippen LogP contribution in [0, 0.1) is 0 Å². The molecule has 0 radical (unpaired) electrons. The molecular formula is C25H27N5O2. The molecule has 0 unspecified atom stereocenters. The van der Waals surface area contributed by atoms with Gasteiger partial charge in [-0.1, -0.05) is 24.3 Å². The number of aryl methyl sites for hydroxylation is 2. The second-order valence-electron chi connectivity index (χ2n) is 8.73. The van der Waals surface area contributed by atoms with Crippen LogP contribution in [0.25, 0.3) is 0 Å². The third-order valence-corrected chi connectivity index (χ3v) is 6.78. The van der Waals surface area contributed by atoms with E-state index in [-0.39, 0.29) is 17.9 Å². The summed E-state index contributed by atoms with van der Waals surface area (Å²) in [6, 6.07) is 11.5. The van der Waals surface area contributed by atoms with Crippen LogP contribution in [-0.4, -0.2) is 38.0 Å². The highest BCUT2D eigenvalue weighted by Crippen LogP contribution is 2.54. The van der Waals surface area contributed by atoms with E-state index in [9.17, 15) is 9.59 Å². The molecule has 2 aliphatic rings. The number of rotatable bonds is 6. The zero-order valence-electron chi connectivity index (χ0n) is 18.2. The normalized spacial score (nSPS) is 21.7. The second kappa shape index (κ2) is 8.22. The number of nitrogens with zero attached hydrogens (tertiary/aromatic N) is 4. The van der Waals surface area contributed by atoms with E-state index in [0.717, 1.165) is 36.1 Å². The van der Waals surface area contributed by atoms with Gasteiger partial charge in [0, 0.05) is 49.9 Å². The fourth-order valence-electron chi connectivity index (χ4n) is 5.30. The van der Waals surface area contributed by atoms with E-state index in [1.807, 2.05) is 54.7 Å². The predicted molar refractivity (Wildman–Crippen MR) is 121 cm³/mol. The Morgan fingerprint density at radius 2 is 2.06 bits per heavy atom. The lowest BCUT2D eigenvalue weighted by atomic mass is 9.73. The summed E-state index contributed by atoms with van der Waals surface area (Å²) < 4.78 is 1.73. The molecule has 2 atom stereocenters. The maximum atomic E-state index is 13.4. The molecule has 3 aromatic rings.